The van der Waals surface area contributed by atoms with Gasteiger partial charge >= 0.3 is 5.97 Å². The minimum absolute atomic E-state index is 0.0158. The molecule has 1 aliphatic carbocycles. The van der Waals surface area contributed by atoms with Crippen molar-refractivity contribution in [1.82, 2.24) is 21.3 Å². The van der Waals surface area contributed by atoms with Gasteiger partial charge in [0.05, 0.1) is 57.6 Å². The smallest absolute Gasteiger partial charge is 0.306 e. The summed E-state index contributed by atoms with van der Waals surface area (Å²) in [4.78, 5) is 59.5. The predicted octanol–water partition coefficient (Wildman–Crippen LogP) is 1.36. The lowest BCUT2D eigenvalue weighted by Crippen LogP contribution is -2.55. The summed E-state index contributed by atoms with van der Waals surface area (Å²) in [5.41, 5.74) is 0.610. The van der Waals surface area contributed by atoms with Crippen LogP contribution in [0.5, 0.6) is 0 Å². The fourth-order valence-corrected chi connectivity index (χ4v) is 6.91. The molecule has 296 valence electrons. The number of epoxide rings is 2. The Hall–Kier alpha value is -2.95. The molecule has 52 heavy (non-hydrogen) atoms. The van der Waals surface area contributed by atoms with E-state index in [1.807, 2.05) is 13.8 Å². The van der Waals surface area contributed by atoms with Crippen molar-refractivity contribution in [2.75, 3.05) is 66.3 Å². The van der Waals surface area contributed by atoms with Gasteiger partial charge in [0.2, 0.25) is 17.7 Å². The Morgan fingerprint density at radius 2 is 1.69 bits per heavy atom. The first-order valence-electron chi connectivity index (χ1n) is 18.7. The molecule has 0 aromatic heterocycles. The van der Waals surface area contributed by atoms with Crippen LogP contribution in [0.15, 0.2) is 11.6 Å². The van der Waals surface area contributed by atoms with E-state index in [2.05, 4.69) is 48.1 Å². The number of amides is 3. The largest absolute Gasteiger partial charge is 0.460 e. The molecule has 2 heterocycles. The molecule has 4 unspecified atom stereocenters. The average Bonchev–Trinajstić information content (AvgIpc) is 4.02. The zero-order valence-electron chi connectivity index (χ0n) is 31.9. The standard InChI is InChI=1S/C37H62N4O11/c1-25(2)9-10-29-36(5,52-29)34-33(47-6)28(11-13-37(34)24-50-37)51-32(45)8-7-18-48-20-21-49-19-16-40-30(43)12-14-38-27(22-26(3)4)35(46)41-23-31(44)39-15-17-42/h9,17,26-29,33-34,38H,7-8,10-16,18-24H2,1-6H3,(H,39,44)(H,40,43)(H,41,46)/t27-,28?,29+,33?,34?,36?,37-/m0/s1. The Labute approximate surface area is 308 Å². The third kappa shape index (κ3) is 14.1. The Morgan fingerprint density at radius 1 is 0.962 bits per heavy atom. The Bertz CT molecular complexity index is 1210. The maximum atomic E-state index is 12.8. The summed E-state index contributed by atoms with van der Waals surface area (Å²) >= 11 is 0. The molecular formula is C37H62N4O11. The molecular weight excluding hydrogens is 676 g/mol. The number of methoxy groups -OCH3 is 1. The van der Waals surface area contributed by atoms with E-state index >= 15 is 0 Å². The van der Waals surface area contributed by atoms with Crippen LogP contribution in [0.25, 0.3) is 0 Å². The fourth-order valence-electron chi connectivity index (χ4n) is 6.91. The highest BCUT2D eigenvalue weighted by atomic mass is 16.6. The van der Waals surface area contributed by atoms with Gasteiger partial charge in [-0.2, -0.15) is 0 Å². The molecule has 7 atom stereocenters. The Kier molecular flexibility index (Phi) is 18.1. The van der Waals surface area contributed by atoms with Gasteiger partial charge in [-0.15, -0.1) is 0 Å². The van der Waals surface area contributed by atoms with Crippen LogP contribution in [-0.4, -0.2) is 132 Å². The van der Waals surface area contributed by atoms with Crippen LogP contribution in [0.1, 0.15) is 79.6 Å². The van der Waals surface area contributed by atoms with E-state index in [0.29, 0.717) is 65.1 Å². The van der Waals surface area contributed by atoms with Crippen molar-refractivity contribution >= 4 is 30.0 Å². The third-order valence-electron chi connectivity index (χ3n) is 9.70. The SMILES string of the molecule is COC1C(OC(=O)CCCOCCOCCNC(=O)CCN[C@@H](CC(C)C)C(=O)NCC(=O)NCC=O)CC[C@]2(CO2)C1C1(C)O[C@@H]1CC=C(C)C. The van der Waals surface area contributed by atoms with Gasteiger partial charge in [0, 0.05) is 39.6 Å². The molecule has 4 N–H and O–H groups in total. The lowest BCUT2D eigenvalue weighted by Gasteiger charge is -2.42. The van der Waals surface area contributed by atoms with Crippen molar-refractivity contribution in [3.8, 4) is 0 Å². The summed E-state index contributed by atoms with van der Waals surface area (Å²) in [7, 11) is 1.67. The van der Waals surface area contributed by atoms with E-state index < -0.39 is 11.9 Å². The highest BCUT2D eigenvalue weighted by Crippen LogP contribution is 2.59. The fraction of sp³-hybridized carbons (Fsp3) is 0.811. The summed E-state index contributed by atoms with van der Waals surface area (Å²) in [6, 6.07) is -0.559. The molecule has 15 nitrogen and oxygen atoms in total. The van der Waals surface area contributed by atoms with Gasteiger partial charge in [-0.3, -0.25) is 19.2 Å². The minimum Gasteiger partial charge on any atom is -0.460 e. The van der Waals surface area contributed by atoms with E-state index in [1.165, 1.54) is 5.57 Å². The third-order valence-corrected chi connectivity index (χ3v) is 9.70. The van der Waals surface area contributed by atoms with E-state index in [0.717, 1.165) is 12.8 Å². The number of rotatable bonds is 26. The number of nitrogens with one attached hydrogen (secondary N) is 4. The van der Waals surface area contributed by atoms with Gasteiger partial charge in [-0.1, -0.05) is 25.5 Å². The van der Waals surface area contributed by atoms with Gasteiger partial charge in [0.15, 0.2) is 0 Å². The summed E-state index contributed by atoms with van der Waals surface area (Å²) in [5, 5.41) is 10.8. The molecule has 3 fully saturated rings. The van der Waals surface area contributed by atoms with Crippen LogP contribution in [-0.2, 0) is 52.4 Å². The highest BCUT2D eigenvalue weighted by Gasteiger charge is 2.72. The van der Waals surface area contributed by atoms with Gasteiger partial charge < -0.3 is 54.5 Å². The van der Waals surface area contributed by atoms with E-state index in [9.17, 15) is 24.0 Å². The number of hydrogen-bond donors (Lipinski definition) is 4. The molecule has 0 aromatic rings. The molecule has 1 saturated carbocycles. The first-order chi connectivity index (χ1) is 24.8. The molecule has 2 saturated heterocycles. The monoisotopic (exact) mass is 738 g/mol. The predicted molar refractivity (Wildman–Crippen MR) is 191 cm³/mol. The maximum absolute atomic E-state index is 12.8. The molecule has 0 aromatic carbocycles. The lowest BCUT2D eigenvalue weighted by molar-refractivity contribution is -0.172. The quantitative estimate of drug-likeness (QED) is 0.0328. The Morgan fingerprint density at radius 3 is 2.35 bits per heavy atom. The summed E-state index contributed by atoms with van der Waals surface area (Å²) in [6.07, 6.45) is 5.98. The summed E-state index contributed by atoms with van der Waals surface area (Å²) in [6.45, 7) is 12.6. The second-order valence-electron chi connectivity index (χ2n) is 14.7. The van der Waals surface area contributed by atoms with Crippen LogP contribution in [0.3, 0.4) is 0 Å². The van der Waals surface area contributed by atoms with E-state index in [-0.39, 0.29) is 91.6 Å². The average molecular weight is 739 g/mol. The second kappa shape index (κ2) is 21.7. The van der Waals surface area contributed by atoms with Gasteiger partial charge in [0.25, 0.3) is 0 Å². The van der Waals surface area contributed by atoms with E-state index in [1.54, 1.807) is 7.11 Å². The molecule has 0 bridgehead atoms. The molecule has 15 heteroatoms. The molecule has 3 aliphatic rings. The first kappa shape index (κ1) is 43.5. The van der Waals surface area contributed by atoms with Gasteiger partial charge in [-0.05, 0) is 58.8 Å². The van der Waals surface area contributed by atoms with Crippen molar-refractivity contribution < 1.29 is 52.4 Å². The Balaban J connectivity index is 1.22. The number of ether oxygens (including phenoxy) is 6. The molecule has 3 amide bonds. The van der Waals surface area contributed by atoms with Crippen LogP contribution >= 0.6 is 0 Å². The second-order valence-corrected chi connectivity index (χ2v) is 14.7. The normalized spacial score (nSPS) is 26.7. The maximum Gasteiger partial charge on any atom is 0.306 e. The van der Waals surface area contributed by atoms with Crippen LogP contribution in [0.4, 0.5) is 0 Å². The number of aldehydes is 1. The van der Waals surface area contributed by atoms with Crippen LogP contribution < -0.4 is 21.3 Å². The van der Waals surface area contributed by atoms with Crippen molar-refractivity contribution in [3.05, 3.63) is 11.6 Å². The summed E-state index contributed by atoms with van der Waals surface area (Å²) < 4.78 is 35.3. The minimum atomic E-state index is -0.559. The number of carbonyl (C=O) groups excluding carboxylic acids is 5. The number of allylic oxidation sites excluding steroid dienone is 1. The van der Waals surface area contributed by atoms with Crippen LogP contribution in [0, 0.1) is 11.8 Å². The molecule has 2 aliphatic heterocycles. The van der Waals surface area contributed by atoms with Crippen molar-refractivity contribution in [2.24, 2.45) is 11.8 Å². The molecule has 3 rings (SSSR count). The topological polar surface area (TPSA) is 195 Å². The van der Waals surface area contributed by atoms with Crippen molar-refractivity contribution in [2.45, 2.75) is 115 Å². The van der Waals surface area contributed by atoms with Gasteiger partial charge in [0.1, 0.15) is 29.7 Å². The zero-order chi connectivity index (χ0) is 38.1. The summed E-state index contributed by atoms with van der Waals surface area (Å²) in [5.74, 6) is -1.06. The van der Waals surface area contributed by atoms with E-state index in [4.69, 9.17) is 28.4 Å². The molecule has 0 radical (unpaired) electrons. The van der Waals surface area contributed by atoms with Gasteiger partial charge in [-0.25, -0.2) is 0 Å². The highest BCUT2D eigenvalue weighted by molar-refractivity contribution is 5.88. The lowest BCUT2D eigenvalue weighted by atomic mass is 9.68. The van der Waals surface area contributed by atoms with Crippen LogP contribution in [0.2, 0.25) is 0 Å². The van der Waals surface area contributed by atoms with Crippen molar-refractivity contribution in [1.29, 1.82) is 0 Å². The van der Waals surface area contributed by atoms with Crippen molar-refractivity contribution in [3.63, 3.8) is 0 Å². The first-order valence-corrected chi connectivity index (χ1v) is 18.7. The molecule has 1 spiro atoms. The number of carbonyl (C=O) groups is 5. The number of esters is 1. The zero-order valence-corrected chi connectivity index (χ0v) is 31.9. The number of hydrogen-bond acceptors (Lipinski definition) is 12.